The first kappa shape index (κ1) is 13.4. The molecule has 3 rings (SSSR count). The van der Waals surface area contributed by atoms with Gasteiger partial charge in [0.25, 0.3) is 0 Å². The topological polar surface area (TPSA) is 47.0 Å². The van der Waals surface area contributed by atoms with E-state index in [2.05, 4.69) is 28.3 Å². The summed E-state index contributed by atoms with van der Waals surface area (Å²) in [7, 11) is 1.68. The molecule has 0 bridgehead atoms. The van der Waals surface area contributed by atoms with E-state index in [1.54, 1.807) is 13.4 Å². The van der Waals surface area contributed by atoms with E-state index in [1.165, 1.54) is 0 Å². The number of aromatic nitrogens is 2. The number of benzene rings is 2. The SMILES string of the molecule is COc1ccccc1CNc1ncnc2c(C)cccc12. The minimum atomic E-state index is 0.657. The standard InChI is InChI=1S/C17H17N3O/c1-12-6-5-8-14-16(12)19-11-20-17(14)18-10-13-7-3-4-9-15(13)21-2/h3-9,11H,10H2,1-2H3,(H,18,19,20). The van der Waals surface area contributed by atoms with Gasteiger partial charge in [-0.05, 0) is 24.6 Å². The highest BCUT2D eigenvalue weighted by Crippen LogP contribution is 2.23. The third kappa shape index (κ3) is 2.65. The Morgan fingerprint density at radius 3 is 2.76 bits per heavy atom. The molecule has 0 unspecified atom stereocenters. The molecule has 3 aromatic rings. The van der Waals surface area contributed by atoms with Crippen LogP contribution in [0.3, 0.4) is 0 Å². The van der Waals surface area contributed by atoms with E-state index < -0.39 is 0 Å². The maximum absolute atomic E-state index is 5.37. The monoisotopic (exact) mass is 279 g/mol. The van der Waals surface area contributed by atoms with Gasteiger partial charge in [-0.1, -0.05) is 30.3 Å². The lowest BCUT2D eigenvalue weighted by Crippen LogP contribution is -2.04. The molecule has 0 aliphatic rings. The molecule has 0 atom stereocenters. The number of nitrogens with zero attached hydrogens (tertiary/aromatic N) is 2. The predicted molar refractivity (Wildman–Crippen MR) is 84.6 cm³/mol. The summed E-state index contributed by atoms with van der Waals surface area (Å²) < 4.78 is 5.37. The summed E-state index contributed by atoms with van der Waals surface area (Å²) in [5, 5.41) is 4.41. The van der Waals surface area contributed by atoms with Gasteiger partial charge in [0.1, 0.15) is 17.9 Å². The lowest BCUT2D eigenvalue weighted by Gasteiger charge is -2.11. The molecular formula is C17H17N3O. The largest absolute Gasteiger partial charge is 0.496 e. The van der Waals surface area contributed by atoms with Gasteiger partial charge in [-0.25, -0.2) is 9.97 Å². The lowest BCUT2D eigenvalue weighted by atomic mass is 10.1. The Morgan fingerprint density at radius 1 is 1.05 bits per heavy atom. The molecule has 4 heteroatoms. The second-order valence-electron chi connectivity index (χ2n) is 4.86. The highest BCUT2D eigenvalue weighted by atomic mass is 16.5. The van der Waals surface area contributed by atoms with Crippen molar-refractivity contribution in [3.05, 3.63) is 59.9 Å². The van der Waals surface area contributed by atoms with Gasteiger partial charge in [0.2, 0.25) is 0 Å². The molecule has 4 nitrogen and oxygen atoms in total. The molecule has 1 N–H and O–H groups in total. The molecule has 2 aromatic carbocycles. The fourth-order valence-electron chi connectivity index (χ4n) is 2.40. The van der Waals surface area contributed by atoms with Crippen molar-refractivity contribution in [2.24, 2.45) is 0 Å². The zero-order chi connectivity index (χ0) is 14.7. The maximum atomic E-state index is 5.37. The fraction of sp³-hybridized carbons (Fsp3) is 0.176. The number of ether oxygens (including phenoxy) is 1. The van der Waals surface area contributed by atoms with Crippen molar-refractivity contribution in [2.75, 3.05) is 12.4 Å². The summed E-state index contributed by atoms with van der Waals surface area (Å²) in [6.45, 7) is 2.71. The number of para-hydroxylation sites is 2. The summed E-state index contributed by atoms with van der Waals surface area (Å²) in [5.41, 5.74) is 3.23. The number of methoxy groups -OCH3 is 1. The van der Waals surface area contributed by atoms with Crippen LogP contribution >= 0.6 is 0 Å². The van der Waals surface area contributed by atoms with Crippen LogP contribution in [0.4, 0.5) is 5.82 Å². The second-order valence-corrected chi connectivity index (χ2v) is 4.86. The number of hydrogen-bond donors (Lipinski definition) is 1. The quantitative estimate of drug-likeness (QED) is 0.793. The van der Waals surface area contributed by atoms with Crippen LogP contribution in [-0.2, 0) is 6.54 Å². The van der Waals surface area contributed by atoms with E-state index in [0.29, 0.717) is 6.54 Å². The first-order valence-electron chi connectivity index (χ1n) is 6.85. The van der Waals surface area contributed by atoms with Crippen LogP contribution in [0.1, 0.15) is 11.1 Å². The van der Waals surface area contributed by atoms with Crippen LogP contribution in [0.15, 0.2) is 48.8 Å². The highest BCUT2D eigenvalue weighted by molar-refractivity contribution is 5.90. The molecule has 21 heavy (non-hydrogen) atoms. The van der Waals surface area contributed by atoms with Crippen LogP contribution in [-0.4, -0.2) is 17.1 Å². The predicted octanol–water partition coefficient (Wildman–Crippen LogP) is 3.56. The van der Waals surface area contributed by atoms with Crippen LogP contribution in [0, 0.1) is 6.92 Å². The van der Waals surface area contributed by atoms with Crippen molar-refractivity contribution in [3.8, 4) is 5.75 Å². The van der Waals surface area contributed by atoms with Crippen molar-refractivity contribution in [1.29, 1.82) is 0 Å². The van der Waals surface area contributed by atoms with Gasteiger partial charge in [0.15, 0.2) is 0 Å². The van der Waals surface area contributed by atoms with Crippen LogP contribution in [0.2, 0.25) is 0 Å². The number of anilines is 1. The average Bonchev–Trinajstić information content (AvgIpc) is 2.53. The first-order valence-corrected chi connectivity index (χ1v) is 6.85. The van der Waals surface area contributed by atoms with Gasteiger partial charge >= 0.3 is 0 Å². The zero-order valence-electron chi connectivity index (χ0n) is 12.1. The Balaban J connectivity index is 1.91. The summed E-state index contributed by atoms with van der Waals surface area (Å²) in [5.74, 6) is 1.72. The molecule has 0 radical (unpaired) electrons. The molecule has 0 fully saturated rings. The molecule has 0 aliphatic heterocycles. The molecule has 0 saturated carbocycles. The van der Waals surface area contributed by atoms with Gasteiger partial charge in [-0.3, -0.25) is 0 Å². The van der Waals surface area contributed by atoms with E-state index in [-0.39, 0.29) is 0 Å². The van der Waals surface area contributed by atoms with Crippen LogP contribution in [0.5, 0.6) is 5.75 Å². The van der Waals surface area contributed by atoms with Crippen LogP contribution < -0.4 is 10.1 Å². The first-order chi connectivity index (χ1) is 10.3. The fourth-order valence-corrected chi connectivity index (χ4v) is 2.40. The van der Waals surface area contributed by atoms with Gasteiger partial charge in [0.05, 0.1) is 12.6 Å². The van der Waals surface area contributed by atoms with E-state index in [4.69, 9.17) is 4.74 Å². The maximum Gasteiger partial charge on any atom is 0.137 e. The number of hydrogen-bond acceptors (Lipinski definition) is 4. The highest BCUT2D eigenvalue weighted by Gasteiger charge is 2.06. The van der Waals surface area contributed by atoms with Crippen molar-refractivity contribution < 1.29 is 4.74 Å². The van der Waals surface area contributed by atoms with Gasteiger partial charge in [0, 0.05) is 17.5 Å². The number of nitrogens with one attached hydrogen (secondary N) is 1. The van der Waals surface area contributed by atoms with E-state index in [9.17, 15) is 0 Å². The lowest BCUT2D eigenvalue weighted by molar-refractivity contribution is 0.410. The number of fused-ring (bicyclic) bond motifs is 1. The summed E-state index contributed by atoms with van der Waals surface area (Å²) in [6, 6.07) is 14.1. The molecule has 1 aromatic heterocycles. The smallest absolute Gasteiger partial charge is 0.137 e. The molecular weight excluding hydrogens is 262 g/mol. The third-order valence-corrected chi connectivity index (χ3v) is 3.51. The summed E-state index contributed by atoms with van der Waals surface area (Å²) in [6.07, 6.45) is 1.60. The minimum absolute atomic E-state index is 0.657. The zero-order valence-corrected chi connectivity index (χ0v) is 12.1. The van der Waals surface area contributed by atoms with Crippen molar-refractivity contribution in [2.45, 2.75) is 13.5 Å². The minimum Gasteiger partial charge on any atom is -0.496 e. The van der Waals surface area contributed by atoms with Crippen molar-refractivity contribution in [1.82, 2.24) is 9.97 Å². The number of rotatable bonds is 4. The normalized spacial score (nSPS) is 10.6. The van der Waals surface area contributed by atoms with E-state index in [1.807, 2.05) is 36.4 Å². The van der Waals surface area contributed by atoms with Gasteiger partial charge in [-0.15, -0.1) is 0 Å². The van der Waals surface area contributed by atoms with E-state index in [0.717, 1.165) is 33.6 Å². The average molecular weight is 279 g/mol. The van der Waals surface area contributed by atoms with Crippen molar-refractivity contribution >= 4 is 16.7 Å². The molecule has 0 aliphatic carbocycles. The Labute approximate surface area is 123 Å². The molecule has 1 heterocycles. The second kappa shape index (κ2) is 5.79. The summed E-state index contributed by atoms with van der Waals surface area (Å²) >= 11 is 0. The molecule has 0 amide bonds. The Bertz CT molecular complexity index is 771. The summed E-state index contributed by atoms with van der Waals surface area (Å²) in [4.78, 5) is 8.71. The van der Waals surface area contributed by atoms with E-state index >= 15 is 0 Å². The molecule has 0 spiro atoms. The Morgan fingerprint density at radius 2 is 1.90 bits per heavy atom. The van der Waals surface area contributed by atoms with Crippen molar-refractivity contribution in [3.63, 3.8) is 0 Å². The Hall–Kier alpha value is -2.62. The van der Waals surface area contributed by atoms with Gasteiger partial charge in [-0.2, -0.15) is 0 Å². The molecule has 106 valence electrons. The Kier molecular flexibility index (Phi) is 3.69. The number of aryl methyl sites for hydroxylation is 1. The molecule has 0 saturated heterocycles. The third-order valence-electron chi connectivity index (χ3n) is 3.51. The van der Waals surface area contributed by atoms with Gasteiger partial charge < -0.3 is 10.1 Å². The van der Waals surface area contributed by atoms with Crippen LogP contribution in [0.25, 0.3) is 10.9 Å².